The maximum absolute atomic E-state index is 14.2. The van der Waals surface area contributed by atoms with E-state index in [9.17, 15) is 14.0 Å². The van der Waals surface area contributed by atoms with Crippen molar-refractivity contribution in [3.63, 3.8) is 0 Å². The number of halogens is 1. The Balaban J connectivity index is 1.72. The number of aryl methyl sites for hydroxylation is 1. The maximum Gasteiger partial charge on any atom is 0.330 e. The summed E-state index contributed by atoms with van der Waals surface area (Å²) in [4.78, 5) is 24.7. The topological polar surface area (TPSA) is 64.4 Å². The summed E-state index contributed by atoms with van der Waals surface area (Å²) in [6.07, 6.45) is 5.13. The molecule has 6 nitrogen and oxygen atoms in total. The number of ether oxygens (including phenoxy) is 1. The van der Waals surface area contributed by atoms with Gasteiger partial charge in [-0.15, -0.1) is 0 Å². The van der Waals surface area contributed by atoms with Crippen LogP contribution in [0, 0.1) is 5.82 Å². The lowest BCUT2D eigenvalue weighted by atomic mass is 10.0. The number of hydrogen-bond donors (Lipinski definition) is 0. The third kappa shape index (κ3) is 4.16. The van der Waals surface area contributed by atoms with Gasteiger partial charge in [-0.2, -0.15) is 5.10 Å². The summed E-state index contributed by atoms with van der Waals surface area (Å²) in [6.45, 7) is 0.258. The first-order valence-electron chi connectivity index (χ1n) is 9.60. The van der Waals surface area contributed by atoms with Gasteiger partial charge in [-0.1, -0.05) is 18.2 Å². The molecule has 31 heavy (non-hydrogen) atoms. The number of anilines is 1. The molecule has 1 aromatic heterocycles. The zero-order valence-electron chi connectivity index (χ0n) is 17.1. The van der Waals surface area contributed by atoms with Gasteiger partial charge in [-0.25, -0.2) is 9.18 Å². The molecular formula is C24H20FN3O3. The molecule has 1 amide bonds. The molecule has 7 heteroatoms. The van der Waals surface area contributed by atoms with Crippen LogP contribution < -0.4 is 4.90 Å². The smallest absolute Gasteiger partial charge is 0.330 e. The number of nitrogens with zero attached hydrogens (tertiary/aromatic N) is 3. The molecule has 0 aliphatic heterocycles. The zero-order chi connectivity index (χ0) is 22.0. The van der Waals surface area contributed by atoms with Crippen LogP contribution in [0.5, 0.6) is 0 Å². The lowest BCUT2D eigenvalue weighted by molar-refractivity contribution is -0.134. The van der Waals surface area contributed by atoms with Gasteiger partial charge in [-0.3, -0.25) is 9.48 Å². The van der Waals surface area contributed by atoms with Crippen molar-refractivity contribution >= 4 is 45.8 Å². The molecule has 0 unspecified atom stereocenters. The minimum absolute atomic E-state index is 0.258. The molecule has 0 saturated heterocycles. The van der Waals surface area contributed by atoms with Gasteiger partial charge in [-0.05, 0) is 58.3 Å². The second kappa shape index (κ2) is 8.39. The van der Waals surface area contributed by atoms with Gasteiger partial charge >= 0.3 is 5.97 Å². The van der Waals surface area contributed by atoms with Gasteiger partial charge in [0.15, 0.2) is 0 Å². The first-order valence-corrected chi connectivity index (χ1v) is 9.60. The van der Waals surface area contributed by atoms with Crippen LogP contribution >= 0.6 is 0 Å². The van der Waals surface area contributed by atoms with E-state index < -0.39 is 11.8 Å². The summed E-state index contributed by atoms with van der Waals surface area (Å²) < 4.78 is 20.6. The highest BCUT2D eigenvalue weighted by Gasteiger charge is 2.12. The Bertz CT molecular complexity index is 1330. The Hall–Kier alpha value is -4.00. The molecule has 4 aromatic rings. The van der Waals surface area contributed by atoms with Crippen LogP contribution in [0.4, 0.5) is 10.1 Å². The summed E-state index contributed by atoms with van der Waals surface area (Å²) in [5, 5.41) is 7.36. The molecule has 0 aliphatic carbocycles. The third-order valence-electron chi connectivity index (χ3n) is 5.15. The quantitative estimate of drug-likeness (QED) is 0.268. The number of fused-ring (bicyclic) bond motifs is 2. The fourth-order valence-corrected chi connectivity index (χ4v) is 3.59. The van der Waals surface area contributed by atoms with E-state index in [1.54, 1.807) is 10.7 Å². The SMILES string of the molecule is COC(=O)/C=C/c1cc(F)cc(N(C=O)Cc2cccc3cc4cnn(C)c4cc23)c1. The van der Waals surface area contributed by atoms with E-state index in [0.717, 1.165) is 27.2 Å². The summed E-state index contributed by atoms with van der Waals surface area (Å²) >= 11 is 0. The first kappa shape index (κ1) is 20.3. The maximum atomic E-state index is 14.2. The summed E-state index contributed by atoms with van der Waals surface area (Å²) in [7, 11) is 3.14. The van der Waals surface area contributed by atoms with Crippen molar-refractivity contribution in [3.8, 4) is 0 Å². The van der Waals surface area contributed by atoms with Crippen LogP contribution in [0.25, 0.3) is 27.8 Å². The van der Waals surface area contributed by atoms with E-state index >= 15 is 0 Å². The van der Waals surface area contributed by atoms with Gasteiger partial charge in [0, 0.05) is 24.2 Å². The normalized spacial score (nSPS) is 11.3. The molecule has 0 atom stereocenters. The Morgan fingerprint density at radius 3 is 2.81 bits per heavy atom. The van der Waals surface area contributed by atoms with Crippen molar-refractivity contribution in [2.24, 2.45) is 7.05 Å². The van der Waals surface area contributed by atoms with Crippen LogP contribution in [0.2, 0.25) is 0 Å². The number of carbonyl (C=O) groups excluding carboxylic acids is 2. The van der Waals surface area contributed by atoms with Gasteiger partial charge in [0.2, 0.25) is 6.41 Å². The van der Waals surface area contributed by atoms with Gasteiger partial charge < -0.3 is 9.64 Å². The van der Waals surface area contributed by atoms with Crippen molar-refractivity contribution in [1.82, 2.24) is 9.78 Å². The Kier molecular flexibility index (Phi) is 5.49. The van der Waals surface area contributed by atoms with Crippen LogP contribution in [0.3, 0.4) is 0 Å². The molecule has 0 radical (unpaired) electrons. The second-order valence-electron chi connectivity index (χ2n) is 7.15. The van der Waals surface area contributed by atoms with E-state index in [-0.39, 0.29) is 6.54 Å². The molecule has 4 rings (SSSR count). The van der Waals surface area contributed by atoms with E-state index in [4.69, 9.17) is 0 Å². The van der Waals surface area contributed by atoms with Crippen LogP contribution in [0.1, 0.15) is 11.1 Å². The predicted octanol–water partition coefficient (Wildman–Crippen LogP) is 4.21. The number of methoxy groups -OCH3 is 1. The molecule has 0 N–H and O–H groups in total. The summed E-state index contributed by atoms with van der Waals surface area (Å²) in [5.74, 6) is -1.06. The highest BCUT2D eigenvalue weighted by atomic mass is 19.1. The average Bonchev–Trinajstić information content (AvgIpc) is 3.13. The monoisotopic (exact) mass is 417 g/mol. The summed E-state index contributed by atoms with van der Waals surface area (Å²) in [6, 6.07) is 14.2. The van der Waals surface area contributed by atoms with Gasteiger partial charge in [0.05, 0.1) is 25.4 Å². The van der Waals surface area contributed by atoms with E-state index in [1.165, 1.54) is 36.3 Å². The fourth-order valence-electron chi connectivity index (χ4n) is 3.59. The van der Waals surface area contributed by atoms with Crippen molar-refractivity contribution in [3.05, 3.63) is 77.7 Å². The number of hydrogen-bond acceptors (Lipinski definition) is 4. The van der Waals surface area contributed by atoms with Crippen LogP contribution in [-0.2, 0) is 27.9 Å². The Labute approximate surface area is 178 Å². The molecule has 156 valence electrons. The number of aromatic nitrogens is 2. The highest BCUT2D eigenvalue weighted by Crippen LogP contribution is 2.28. The highest BCUT2D eigenvalue weighted by molar-refractivity contribution is 5.98. The number of esters is 1. The zero-order valence-corrected chi connectivity index (χ0v) is 17.1. The molecule has 0 fully saturated rings. The van der Waals surface area contributed by atoms with Crippen molar-refractivity contribution in [2.45, 2.75) is 6.54 Å². The predicted molar refractivity (Wildman–Crippen MR) is 118 cm³/mol. The standard InChI is InChI=1S/C24H20FN3O3/c1-27-23-12-22-17(10-19(23)13-26-27)4-3-5-18(22)14-28(15-29)21-9-16(8-20(25)11-21)6-7-24(30)31-2/h3-13,15H,14H2,1-2H3/b7-6+. The lowest BCUT2D eigenvalue weighted by Gasteiger charge is -2.19. The van der Waals surface area contributed by atoms with Gasteiger partial charge in [0.1, 0.15) is 5.82 Å². The molecule has 0 aliphatic rings. The minimum Gasteiger partial charge on any atom is -0.466 e. The number of rotatable bonds is 6. The van der Waals surface area contributed by atoms with Crippen molar-refractivity contribution in [2.75, 3.05) is 12.0 Å². The van der Waals surface area contributed by atoms with E-state index in [1.807, 2.05) is 37.5 Å². The number of amides is 1. The van der Waals surface area contributed by atoms with E-state index in [2.05, 4.69) is 15.9 Å². The third-order valence-corrected chi connectivity index (χ3v) is 5.15. The van der Waals surface area contributed by atoms with Crippen molar-refractivity contribution < 1.29 is 18.7 Å². The van der Waals surface area contributed by atoms with Crippen LogP contribution in [0.15, 0.2) is 60.8 Å². The molecule has 1 heterocycles. The Morgan fingerprint density at radius 1 is 1.19 bits per heavy atom. The summed E-state index contributed by atoms with van der Waals surface area (Å²) in [5.41, 5.74) is 2.74. The van der Waals surface area contributed by atoms with E-state index in [0.29, 0.717) is 17.7 Å². The average molecular weight is 417 g/mol. The lowest BCUT2D eigenvalue weighted by Crippen LogP contribution is -2.20. The molecule has 0 bridgehead atoms. The van der Waals surface area contributed by atoms with Crippen molar-refractivity contribution in [1.29, 1.82) is 0 Å². The van der Waals surface area contributed by atoms with Crippen LogP contribution in [-0.4, -0.2) is 29.3 Å². The second-order valence-corrected chi connectivity index (χ2v) is 7.15. The number of carbonyl (C=O) groups is 2. The first-order chi connectivity index (χ1) is 15.0. The Morgan fingerprint density at radius 2 is 2.03 bits per heavy atom. The van der Waals surface area contributed by atoms with Gasteiger partial charge in [0.25, 0.3) is 0 Å². The molecular weight excluding hydrogens is 397 g/mol. The largest absolute Gasteiger partial charge is 0.466 e. The number of benzene rings is 3. The molecule has 0 saturated carbocycles. The minimum atomic E-state index is -0.546. The molecule has 3 aromatic carbocycles. The fraction of sp³-hybridized carbons (Fsp3) is 0.125. The molecule has 0 spiro atoms.